The van der Waals surface area contributed by atoms with Crippen molar-refractivity contribution < 1.29 is 24.1 Å². The SMILES string of the molecule is COc1cc(CN2CCOCC(O)(COc3ccc(Cl)cc3)C2)ccc1OCCn1ccnc1C. The Bertz CT molecular complexity index is 1090. The zero-order valence-corrected chi connectivity index (χ0v) is 20.9. The number of imidazole rings is 1. The Morgan fingerprint density at radius 3 is 2.71 bits per heavy atom. The Morgan fingerprint density at radius 2 is 1.97 bits per heavy atom. The molecule has 8 nitrogen and oxygen atoms in total. The maximum Gasteiger partial charge on any atom is 0.161 e. The molecule has 0 saturated carbocycles. The molecular formula is C26H32ClN3O5. The molecule has 1 unspecified atom stereocenters. The molecule has 2 heterocycles. The summed E-state index contributed by atoms with van der Waals surface area (Å²) in [6, 6.07) is 13.0. The van der Waals surface area contributed by atoms with Gasteiger partial charge in [-0.15, -0.1) is 0 Å². The summed E-state index contributed by atoms with van der Waals surface area (Å²) in [6.07, 6.45) is 3.72. The van der Waals surface area contributed by atoms with Gasteiger partial charge in [-0.3, -0.25) is 4.90 Å². The van der Waals surface area contributed by atoms with Crippen LogP contribution in [0.25, 0.3) is 0 Å². The van der Waals surface area contributed by atoms with Crippen LogP contribution in [0.5, 0.6) is 17.2 Å². The lowest BCUT2D eigenvalue weighted by molar-refractivity contribution is -0.0646. The zero-order valence-electron chi connectivity index (χ0n) is 20.2. The van der Waals surface area contributed by atoms with Gasteiger partial charge in [-0.25, -0.2) is 4.98 Å². The van der Waals surface area contributed by atoms with Crippen molar-refractivity contribution in [2.24, 2.45) is 0 Å². The van der Waals surface area contributed by atoms with E-state index >= 15 is 0 Å². The Labute approximate surface area is 211 Å². The standard InChI is InChI=1S/C26H32ClN3O5/c1-20-28-9-10-30(20)12-14-34-24-8-3-21(15-25(24)32-2)16-29-11-13-33-18-26(31,17-29)19-35-23-6-4-22(27)5-7-23/h3-10,15,31H,11-14,16-19H2,1-2H3. The van der Waals surface area contributed by atoms with Gasteiger partial charge in [0, 0.05) is 37.1 Å². The van der Waals surface area contributed by atoms with Crippen LogP contribution in [0.2, 0.25) is 5.02 Å². The fourth-order valence-electron chi connectivity index (χ4n) is 4.05. The number of halogens is 1. The summed E-state index contributed by atoms with van der Waals surface area (Å²) in [5.41, 5.74) is -0.0723. The number of aliphatic hydroxyl groups is 1. The van der Waals surface area contributed by atoms with E-state index in [1.54, 1.807) is 37.6 Å². The number of hydrogen-bond acceptors (Lipinski definition) is 7. The highest BCUT2D eigenvalue weighted by Crippen LogP contribution is 2.29. The van der Waals surface area contributed by atoms with Gasteiger partial charge in [0.2, 0.25) is 0 Å². The maximum atomic E-state index is 11.2. The number of aromatic nitrogens is 2. The Morgan fingerprint density at radius 1 is 1.14 bits per heavy atom. The highest BCUT2D eigenvalue weighted by atomic mass is 35.5. The molecule has 1 atom stereocenters. The maximum absolute atomic E-state index is 11.2. The predicted octanol–water partition coefficient (Wildman–Crippen LogP) is 3.57. The largest absolute Gasteiger partial charge is 0.493 e. The zero-order chi connectivity index (χ0) is 24.7. The number of benzene rings is 2. The molecule has 0 spiro atoms. The van der Waals surface area contributed by atoms with Crippen LogP contribution in [0.4, 0.5) is 0 Å². The first-order valence-corrected chi connectivity index (χ1v) is 12.0. The molecule has 0 aliphatic carbocycles. The lowest BCUT2D eigenvalue weighted by Gasteiger charge is -2.30. The van der Waals surface area contributed by atoms with Crippen LogP contribution in [-0.2, 0) is 17.8 Å². The van der Waals surface area contributed by atoms with Crippen LogP contribution in [0.3, 0.4) is 0 Å². The molecule has 0 bridgehead atoms. The average Bonchev–Trinajstić information content (AvgIpc) is 3.17. The number of methoxy groups -OCH3 is 1. The van der Waals surface area contributed by atoms with Crippen LogP contribution in [0.15, 0.2) is 54.9 Å². The van der Waals surface area contributed by atoms with E-state index in [-0.39, 0.29) is 13.2 Å². The summed E-state index contributed by atoms with van der Waals surface area (Å²) in [4.78, 5) is 6.39. The molecule has 1 fully saturated rings. The first-order chi connectivity index (χ1) is 16.9. The first kappa shape index (κ1) is 25.3. The first-order valence-electron chi connectivity index (χ1n) is 11.6. The van der Waals surface area contributed by atoms with Gasteiger partial charge in [0.1, 0.15) is 30.4 Å². The third-order valence-electron chi connectivity index (χ3n) is 5.91. The van der Waals surface area contributed by atoms with Crippen molar-refractivity contribution in [1.29, 1.82) is 0 Å². The van der Waals surface area contributed by atoms with E-state index in [1.807, 2.05) is 35.9 Å². The number of β-amino-alcohol motifs (C(OH)–C–C–N with tert-alkyl or cyclic N) is 1. The fourth-order valence-corrected chi connectivity index (χ4v) is 4.18. The molecule has 3 aromatic rings. The van der Waals surface area contributed by atoms with E-state index in [0.29, 0.717) is 61.7 Å². The Kier molecular flexibility index (Phi) is 8.51. The summed E-state index contributed by atoms with van der Waals surface area (Å²) >= 11 is 5.94. The molecule has 0 radical (unpaired) electrons. The van der Waals surface area contributed by atoms with Crippen LogP contribution >= 0.6 is 11.6 Å². The van der Waals surface area contributed by atoms with Crippen LogP contribution in [-0.4, -0.2) is 71.8 Å². The van der Waals surface area contributed by atoms with E-state index < -0.39 is 5.60 Å². The van der Waals surface area contributed by atoms with Gasteiger partial charge in [-0.05, 0) is 48.9 Å². The van der Waals surface area contributed by atoms with Crippen molar-refractivity contribution in [2.75, 3.05) is 46.6 Å². The van der Waals surface area contributed by atoms with Crippen molar-refractivity contribution in [1.82, 2.24) is 14.5 Å². The van der Waals surface area contributed by atoms with E-state index in [1.165, 1.54) is 0 Å². The van der Waals surface area contributed by atoms with Crippen molar-refractivity contribution in [2.45, 2.75) is 25.6 Å². The molecule has 2 aromatic carbocycles. The van der Waals surface area contributed by atoms with E-state index in [4.69, 9.17) is 30.5 Å². The molecule has 4 rings (SSSR count). The van der Waals surface area contributed by atoms with Gasteiger partial charge < -0.3 is 28.6 Å². The third kappa shape index (κ3) is 7.11. The Hall–Kier alpha value is -2.78. The number of rotatable bonds is 10. The molecule has 1 aliphatic rings. The minimum atomic E-state index is -1.13. The minimum Gasteiger partial charge on any atom is -0.493 e. The normalized spacial score (nSPS) is 18.7. The number of nitrogens with zero attached hydrogens (tertiary/aromatic N) is 3. The van der Waals surface area contributed by atoms with Crippen LogP contribution < -0.4 is 14.2 Å². The second kappa shape index (κ2) is 11.8. The van der Waals surface area contributed by atoms with E-state index in [2.05, 4.69) is 9.88 Å². The van der Waals surface area contributed by atoms with Crippen molar-refractivity contribution in [3.8, 4) is 17.2 Å². The highest BCUT2D eigenvalue weighted by Gasteiger charge is 2.33. The minimum absolute atomic E-state index is 0.123. The molecule has 1 N–H and O–H groups in total. The topological polar surface area (TPSA) is 78.2 Å². The van der Waals surface area contributed by atoms with Gasteiger partial charge >= 0.3 is 0 Å². The van der Waals surface area contributed by atoms with Crippen molar-refractivity contribution >= 4 is 11.6 Å². The number of hydrogen-bond donors (Lipinski definition) is 1. The van der Waals surface area contributed by atoms with E-state index in [0.717, 1.165) is 11.4 Å². The lowest BCUT2D eigenvalue weighted by Crippen LogP contribution is -2.48. The monoisotopic (exact) mass is 501 g/mol. The number of aryl methyl sites for hydroxylation is 1. The second-order valence-electron chi connectivity index (χ2n) is 8.73. The average molecular weight is 502 g/mol. The quantitative estimate of drug-likeness (QED) is 0.455. The molecule has 0 amide bonds. The summed E-state index contributed by atoms with van der Waals surface area (Å²) in [7, 11) is 1.64. The molecule has 188 valence electrons. The van der Waals surface area contributed by atoms with Gasteiger partial charge in [0.05, 0.1) is 26.9 Å². The van der Waals surface area contributed by atoms with Gasteiger partial charge in [0.25, 0.3) is 0 Å². The van der Waals surface area contributed by atoms with Gasteiger partial charge in [-0.1, -0.05) is 17.7 Å². The Balaban J connectivity index is 1.35. The van der Waals surface area contributed by atoms with Gasteiger partial charge in [0.15, 0.2) is 11.5 Å². The molecule has 35 heavy (non-hydrogen) atoms. The summed E-state index contributed by atoms with van der Waals surface area (Å²) < 4.78 is 25.1. The van der Waals surface area contributed by atoms with Crippen molar-refractivity contribution in [3.05, 3.63) is 71.3 Å². The molecule has 1 saturated heterocycles. The number of ether oxygens (including phenoxy) is 4. The third-order valence-corrected chi connectivity index (χ3v) is 6.16. The smallest absolute Gasteiger partial charge is 0.161 e. The highest BCUT2D eigenvalue weighted by molar-refractivity contribution is 6.30. The van der Waals surface area contributed by atoms with Crippen molar-refractivity contribution in [3.63, 3.8) is 0 Å². The molecular weight excluding hydrogens is 470 g/mol. The second-order valence-corrected chi connectivity index (χ2v) is 9.17. The predicted molar refractivity (Wildman–Crippen MR) is 133 cm³/mol. The van der Waals surface area contributed by atoms with Crippen LogP contribution in [0, 0.1) is 6.92 Å². The summed E-state index contributed by atoms with van der Waals surface area (Å²) in [5.74, 6) is 2.98. The fraction of sp³-hybridized carbons (Fsp3) is 0.423. The molecule has 9 heteroatoms. The van der Waals surface area contributed by atoms with Crippen LogP contribution in [0.1, 0.15) is 11.4 Å². The lowest BCUT2D eigenvalue weighted by atomic mass is 10.1. The van der Waals surface area contributed by atoms with Gasteiger partial charge in [-0.2, -0.15) is 0 Å². The van der Waals surface area contributed by atoms with E-state index in [9.17, 15) is 5.11 Å². The summed E-state index contributed by atoms with van der Waals surface area (Å²) in [6.45, 7) is 5.82. The molecule has 1 aromatic heterocycles. The molecule has 1 aliphatic heterocycles. The summed E-state index contributed by atoms with van der Waals surface area (Å²) in [5, 5.41) is 11.8.